The number of carbonyl (C=O) groups excluding carboxylic acids is 2. The van der Waals surface area contributed by atoms with Gasteiger partial charge in [-0.2, -0.15) is 0 Å². The summed E-state index contributed by atoms with van der Waals surface area (Å²) in [6.45, 7) is 3.79. The molecule has 2 amide bonds. The maximum Gasteiger partial charge on any atom is 0.223 e. The molecule has 6 N–H and O–H groups in total. The molecular formula is C66H66F2N4O6. The quantitative estimate of drug-likeness (QED) is 0.0439. The lowest BCUT2D eigenvalue weighted by molar-refractivity contribution is -0.124. The zero-order valence-electron chi connectivity index (χ0n) is 43.9. The monoisotopic (exact) mass is 1050 g/mol. The molecule has 0 aliphatic heterocycles. The van der Waals surface area contributed by atoms with Crippen molar-refractivity contribution in [3.8, 4) is 22.3 Å². The topological polar surface area (TPSA) is 165 Å². The van der Waals surface area contributed by atoms with E-state index in [1.807, 2.05) is 135 Å². The summed E-state index contributed by atoms with van der Waals surface area (Å²) in [7, 11) is 0. The number of carbonyl (C=O) groups is 2. The first-order valence-electron chi connectivity index (χ1n) is 26.9. The largest absolute Gasteiger partial charge is 0.392 e. The van der Waals surface area contributed by atoms with Crippen LogP contribution >= 0.6 is 0 Å². The van der Waals surface area contributed by atoms with E-state index in [4.69, 9.17) is 9.97 Å². The first-order chi connectivity index (χ1) is 37.8. The minimum absolute atomic E-state index is 0.0231. The maximum absolute atomic E-state index is 13.7. The fourth-order valence-electron chi connectivity index (χ4n) is 9.99. The summed E-state index contributed by atoms with van der Waals surface area (Å²) in [5.74, 6) is -0.476. The molecule has 400 valence electrons. The zero-order chi connectivity index (χ0) is 54.7. The van der Waals surface area contributed by atoms with E-state index in [9.17, 15) is 38.8 Å². The number of benzene rings is 6. The van der Waals surface area contributed by atoms with Gasteiger partial charge in [0, 0.05) is 57.7 Å². The average Bonchev–Trinajstić information content (AvgIpc) is 4.42. The van der Waals surface area contributed by atoms with E-state index >= 15 is 0 Å². The number of fused-ring (bicyclic) bond motifs is 2. The van der Waals surface area contributed by atoms with Gasteiger partial charge >= 0.3 is 0 Å². The molecule has 6 aromatic carbocycles. The highest BCUT2D eigenvalue weighted by molar-refractivity contribution is 6.00. The number of aliphatic hydroxyl groups is 4. The van der Waals surface area contributed by atoms with E-state index in [0.717, 1.165) is 103 Å². The normalized spacial score (nSPS) is 15.8. The summed E-state index contributed by atoms with van der Waals surface area (Å²) >= 11 is 0. The van der Waals surface area contributed by atoms with Crippen LogP contribution < -0.4 is 10.6 Å². The highest BCUT2D eigenvalue weighted by atomic mass is 19.1. The Labute approximate surface area is 454 Å². The van der Waals surface area contributed by atoms with Crippen LogP contribution in [0.2, 0.25) is 0 Å². The standard InChI is InChI=1S/2C33H33FN2O3/c2*1-21(22-7-3-2-4-8-22)35-31(39)20-27(38)19-26(37)17-18-29-32(23-13-15-25(34)16-14-23)28-9-5-6-10-30(28)36-33(29)24-11-12-24/h2*2-10,13-18,21,24,26-27,37-38H,11-12,19-20H2,1H3,(H,35,39)/b2*18-17+/t2*21-,26+,27+/m10/s1. The highest BCUT2D eigenvalue weighted by Gasteiger charge is 2.31. The van der Waals surface area contributed by atoms with Crippen LogP contribution in [0.4, 0.5) is 8.78 Å². The van der Waals surface area contributed by atoms with Crippen molar-refractivity contribution in [2.75, 3.05) is 0 Å². The number of hydrogen-bond acceptors (Lipinski definition) is 8. The molecule has 0 spiro atoms. The molecule has 10 rings (SSSR count). The van der Waals surface area contributed by atoms with Gasteiger partial charge in [-0.3, -0.25) is 19.6 Å². The number of nitrogens with zero attached hydrogens (tertiary/aromatic N) is 2. The van der Waals surface area contributed by atoms with Crippen LogP contribution in [0, 0.1) is 11.6 Å². The molecular weight excluding hydrogens is 983 g/mol. The number of pyridine rings is 2. The van der Waals surface area contributed by atoms with Gasteiger partial charge in [0.25, 0.3) is 0 Å². The van der Waals surface area contributed by atoms with Gasteiger partial charge in [-0.05, 0) is 98.2 Å². The molecule has 0 bridgehead atoms. The van der Waals surface area contributed by atoms with E-state index in [0.29, 0.717) is 11.8 Å². The predicted molar refractivity (Wildman–Crippen MR) is 305 cm³/mol. The van der Waals surface area contributed by atoms with E-state index in [1.54, 1.807) is 36.4 Å². The van der Waals surface area contributed by atoms with Gasteiger partial charge in [-0.15, -0.1) is 0 Å². The Balaban J connectivity index is 0.000000190. The first-order valence-corrected chi connectivity index (χ1v) is 26.9. The van der Waals surface area contributed by atoms with Gasteiger partial charge in [0.2, 0.25) is 11.8 Å². The molecule has 2 saturated carbocycles. The van der Waals surface area contributed by atoms with Crippen LogP contribution in [-0.4, -0.2) is 66.6 Å². The van der Waals surface area contributed by atoms with Crippen LogP contribution in [0.3, 0.4) is 0 Å². The Morgan fingerprint density at radius 1 is 0.513 bits per heavy atom. The highest BCUT2D eigenvalue weighted by Crippen LogP contribution is 2.47. The van der Waals surface area contributed by atoms with Crippen LogP contribution in [-0.2, 0) is 9.59 Å². The summed E-state index contributed by atoms with van der Waals surface area (Å²) < 4.78 is 27.5. The van der Waals surface area contributed by atoms with E-state index in [2.05, 4.69) is 10.6 Å². The van der Waals surface area contributed by atoms with Gasteiger partial charge in [0.1, 0.15) is 11.6 Å². The van der Waals surface area contributed by atoms with Crippen molar-refractivity contribution in [1.29, 1.82) is 0 Å². The van der Waals surface area contributed by atoms with Crippen molar-refractivity contribution in [1.82, 2.24) is 20.6 Å². The Morgan fingerprint density at radius 3 is 1.22 bits per heavy atom. The molecule has 0 radical (unpaired) electrons. The van der Waals surface area contributed by atoms with Crippen molar-refractivity contribution < 1.29 is 38.8 Å². The van der Waals surface area contributed by atoms with E-state index in [-0.39, 0.29) is 61.2 Å². The van der Waals surface area contributed by atoms with Gasteiger partial charge in [-0.1, -0.05) is 146 Å². The molecule has 78 heavy (non-hydrogen) atoms. The number of para-hydroxylation sites is 2. The van der Waals surface area contributed by atoms with Gasteiger partial charge in [0.05, 0.1) is 71.8 Å². The number of halogens is 2. The Morgan fingerprint density at radius 2 is 0.859 bits per heavy atom. The maximum atomic E-state index is 13.7. The number of hydrogen-bond donors (Lipinski definition) is 6. The van der Waals surface area contributed by atoms with Gasteiger partial charge in [-0.25, -0.2) is 8.78 Å². The second-order valence-corrected chi connectivity index (χ2v) is 20.6. The molecule has 8 aromatic rings. The van der Waals surface area contributed by atoms with Gasteiger partial charge < -0.3 is 31.1 Å². The van der Waals surface area contributed by atoms with E-state index < -0.39 is 24.4 Å². The number of aliphatic hydroxyl groups excluding tert-OH is 4. The number of nitrogens with one attached hydrogen (secondary N) is 2. The first kappa shape index (κ1) is 55.0. The average molecular weight is 1050 g/mol. The summed E-state index contributed by atoms with van der Waals surface area (Å²) in [6, 6.07) is 47.5. The molecule has 6 atom stereocenters. The van der Waals surface area contributed by atoms with Crippen molar-refractivity contribution in [2.24, 2.45) is 0 Å². The number of amides is 2. The Hall–Kier alpha value is -7.74. The van der Waals surface area contributed by atoms with Crippen molar-refractivity contribution >= 4 is 45.8 Å². The summed E-state index contributed by atoms with van der Waals surface area (Å²) in [5, 5.41) is 50.3. The Kier molecular flexibility index (Phi) is 18.1. The second-order valence-electron chi connectivity index (χ2n) is 20.6. The minimum atomic E-state index is -0.998. The van der Waals surface area contributed by atoms with Crippen LogP contribution in [0.5, 0.6) is 0 Å². The molecule has 0 unspecified atom stereocenters. The molecule has 10 nitrogen and oxygen atoms in total. The van der Waals surface area contributed by atoms with Crippen molar-refractivity contribution in [3.05, 3.63) is 215 Å². The molecule has 2 aromatic heterocycles. The number of aromatic nitrogens is 2. The third-order valence-corrected chi connectivity index (χ3v) is 14.3. The third-order valence-electron chi connectivity index (χ3n) is 14.3. The minimum Gasteiger partial charge on any atom is -0.392 e. The molecule has 12 heteroatoms. The van der Waals surface area contributed by atoms with Crippen molar-refractivity contribution in [2.45, 2.75) is 114 Å². The Bertz CT molecular complexity index is 3160. The molecule has 2 fully saturated rings. The lowest BCUT2D eigenvalue weighted by Gasteiger charge is -2.18. The fraction of sp³-hybridized carbons (Fsp3) is 0.273. The summed E-state index contributed by atoms with van der Waals surface area (Å²) in [6.07, 6.45) is 7.14. The second kappa shape index (κ2) is 25.6. The lowest BCUT2D eigenvalue weighted by Crippen LogP contribution is -2.31. The molecule has 2 aliphatic rings. The van der Waals surface area contributed by atoms with E-state index in [1.165, 1.54) is 24.3 Å². The lowest BCUT2D eigenvalue weighted by atomic mass is 9.92. The molecule has 2 aliphatic carbocycles. The fourth-order valence-corrected chi connectivity index (χ4v) is 9.99. The van der Waals surface area contributed by atoms with Crippen molar-refractivity contribution in [3.63, 3.8) is 0 Å². The smallest absolute Gasteiger partial charge is 0.223 e. The van der Waals surface area contributed by atoms with Crippen LogP contribution in [0.1, 0.15) is 123 Å². The van der Waals surface area contributed by atoms with Crippen LogP contribution in [0.25, 0.3) is 56.2 Å². The van der Waals surface area contributed by atoms with Gasteiger partial charge in [0.15, 0.2) is 0 Å². The summed E-state index contributed by atoms with van der Waals surface area (Å²) in [5.41, 5.74) is 11.1. The third kappa shape index (κ3) is 14.4. The SMILES string of the molecule is C[C@@H](NC(=O)C[C@@H](O)C[C@@H](O)/C=C/c1c(C2CC2)nc2ccccc2c1-c1ccc(F)cc1)c1ccccc1.C[C@H](NC(=O)C[C@H](O)C[C@H](O)/C=C/c1c(C2CC2)nc2ccccc2c1-c1ccc(F)cc1)c1ccccc1. The summed E-state index contributed by atoms with van der Waals surface area (Å²) in [4.78, 5) is 34.9. The zero-order valence-corrected chi connectivity index (χ0v) is 43.9. The molecule has 2 heterocycles. The van der Waals surface area contributed by atoms with Crippen LogP contribution in [0.15, 0.2) is 170 Å². The predicted octanol–water partition coefficient (Wildman–Crippen LogP) is 12.6. The number of rotatable bonds is 20. The molecule has 0 saturated heterocycles.